The minimum atomic E-state index is 0.266. The van der Waals surface area contributed by atoms with Crippen molar-refractivity contribution in [3.05, 3.63) is 63.6 Å². The molecule has 1 unspecified atom stereocenters. The number of benzene rings is 2. The van der Waals surface area contributed by atoms with Gasteiger partial charge in [-0.3, -0.25) is 0 Å². The quantitative estimate of drug-likeness (QED) is 0.882. The number of likely N-dealkylation sites (N-methyl/N-ethyl adjacent to an activating group) is 1. The Morgan fingerprint density at radius 3 is 2.60 bits per heavy atom. The Hall–Kier alpha value is -1.32. The van der Waals surface area contributed by atoms with Crippen molar-refractivity contribution in [2.75, 3.05) is 14.2 Å². The zero-order chi connectivity index (χ0) is 14.5. The third kappa shape index (κ3) is 3.62. The second-order valence-electron chi connectivity index (χ2n) is 4.92. The van der Waals surface area contributed by atoms with Crippen LogP contribution in [-0.2, 0) is 6.42 Å². The fourth-order valence-electron chi connectivity index (χ4n) is 2.44. The van der Waals surface area contributed by atoms with E-state index in [-0.39, 0.29) is 6.04 Å². The number of aryl methyl sites for hydroxylation is 1. The maximum atomic E-state index is 5.44. The number of para-hydroxylation sites is 1. The predicted octanol–water partition coefficient (Wildman–Crippen LogP) is 4.27. The van der Waals surface area contributed by atoms with E-state index in [1.807, 2.05) is 19.2 Å². The Balaban J connectivity index is 2.28. The van der Waals surface area contributed by atoms with E-state index in [4.69, 9.17) is 4.74 Å². The van der Waals surface area contributed by atoms with Crippen molar-refractivity contribution in [3.8, 4) is 5.75 Å². The molecule has 0 aliphatic rings. The smallest absolute Gasteiger partial charge is 0.122 e. The lowest BCUT2D eigenvalue weighted by atomic mass is 9.97. The summed E-state index contributed by atoms with van der Waals surface area (Å²) in [6, 6.07) is 15.0. The summed E-state index contributed by atoms with van der Waals surface area (Å²) in [7, 11) is 3.72. The highest BCUT2D eigenvalue weighted by Gasteiger charge is 2.13. The molecule has 0 heterocycles. The van der Waals surface area contributed by atoms with Crippen molar-refractivity contribution in [2.24, 2.45) is 0 Å². The molecule has 0 aromatic heterocycles. The number of rotatable bonds is 5. The van der Waals surface area contributed by atoms with Gasteiger partial charge < -0.3 is 10.1 Å². The normalized spacial score (nSPS) is 12.2. The molecule has 3 heteroatoms. The van der Waals surface area contributed by atoms with E-state index in [9.17, 15) is 0 Å². The van der Waals surface area contributed by atoms with Crippen LogP contribution >= 0.6 is 15.9 Å². The van der Waals surface area contributed by atoms with E-state index in [1.54, 1.807) is 7.11 Å². The van der Waals surface area contributed by atoms with E-state index in [0.717, 1.165) is 16.6 Å². The van der Waals surface area contributed by atoms with E-state index in [1.165, 1.54) is 16.7 Å². The highest BCUT2D eigenvalue weighted by molar-refractivity contribution is 9.10. The molecule has 0 saturated carbocycles. The van der Waals surface area contributed by atoms with Gasteiger partial charge in [0.25, 0.3) is 0 Å². The molecule has 2 aromatic carbocycles. The minimum absolute atomic E-state index is 0.266. The summed E-state index contributed by atoms with van der Waals surface area (Å²) in [4.78, 5) is 0. The van der Waals surface area contributed by atoms with E-state index >= 15 is 0 Å². The molecule has 1 N–H and O–H groups in total. The summed E-state index contributed by atoms with van der Waals surface area (Å²) in [5, 5.41) is 3.40. The number of hydrogen-bond acceptors (Lipinski definition) is 2. The third-order valence-corrected chi connectivity index (χ3v) is 3.89. The summed E-state index contributed by atoms with van der Waals surface area (Å²) in [6.45, 7) is 2.12. The number of halogens is 1. The van der Waals surface area contributed by atoms with Gasteiger partial charge in [0.15, 0.2) is 0 Å². The maximum absolute atomic E-state index is 5.44. The molecule has 106 valence electrons. The third-order valence-electron chi connectivity index (χ3n) is 3.43. The van der Waals surface area contributed by atoms with Gasteiger partial charge in [0.2, 0.25) is 0 Å². The molecule has 0 bridgehead atoms. The monoisotopic (exact) mass is 333 g/mol. The van der Waals surface area contributed by atoms with Crippen molar-refractivity contribution in [3.63, 3.8) is 0 Å². The lowest BCUT2D eigenvalue weighted by Crippen LogP contribution is -2.19. The topological polar surface area (TPSA) is 21.3 Å². The lowest BCUT2D eigenvalue weighted by Gasteiger charge is -2.19. The fraction of sp³-hybridized carbons (Fsp3) is 0.294. The summed E-state index contributed by atoms with van der Waals surface area (Å²) >= 11 is 3.57. The van der Waals surface area contributed by atoms with Gasteiger partial charge in [0, 0.05) is 10.5 Å². The van der Waals surface area contributed by atoms with Crippen LogP contribution in [0.25, 0.3) is 0 Å². The van der Waals surface area contributed by atoms with Crippen molar-refractivity contribution in [1.29, 1.82) is 0 Å². The highest BCUT2D eigenvalue weighted by Crippen LogP contribution is 2.27. The van der Waals surface area contributed by atoms with Gasteiger partial charge in [-0.25, -0.2) is 0 Å². The molecule has 0 amide bonds. The van der Waals surface area contributed by atoms with Crippen molar-refractivity contribution in [2.45, 2.75) is 19.4 Å². The summed E-state index contributed by atoms with van der Waals surface area (Å²) in [5.41, 5.74) is 3.76. The molecule has 2 rings (SSSR count). The Kier molecular flexibility index (Phi) is 5.21. The Morgan fingerprint density at radius 2 is 1.95 bits per heavy atom. The van der Waals surface area contributed by atoms with Crippen molar-refractivity contribution in [1.82, 2.24) is 5.32 Å². The summed E-state index contributed by atoms with van der Waals surface area (Å²) in [5.74, 6) is 0.944. The van der Waals surface area contributed by atoms with Crippen LogP contribution in [0.4, 0.5) is 0 Å². The zero-order valence-corrected chi connectivity index (χ0v) is 13.7. The van der Waals surface area contributed by atoms with E-state index in [0.29, 0.717) is 0 Å². The number of methoxy groups -OCH3 is 1. The molecule has 0 radical (unpaired) electrons. The van der Waals surface area contributed by atoms with Gasteiger partial charge in [-0.05, 0) is 55.3 Å². The van der Waals surface area contributed by atoms with Crippen LogP contribution < -0.4 is 10.1 Å². The standard InChI is InChI=1S/C17H20BrNO/c1-12-8-14(10-15(18)9-12)16(19-2)11-13-6-4-5-7-17(13)20-3/h4-10,16,19H,11H2,1-3H3. The molecule has 2 aromatic rings. The highest BCUT2D eigenvalue weighted by atomic mass is 79.9. The Bertz CT molecular complexity index is 563. The van der Waals surface area contributed by atoms with Crippen LogP contribution in [0.3, 0.4) is 0 Å². The molecule has 0 fully saturated rings. The largest absolute Gasteiger partial charge is 0.496 e. The molecular weight excluding hydrogens is 314 g/mol. The summed E-state index contributed by atoms with van der Waals surface area (Å²) < 4.78 is 6.56. The first-order chi connectivity index (χ1) is 9.63. The first kappa shape index (κ1) is 15.1. The van der Waals surface area contributed by atoms with Crippen LogP contribution in [0.1, 0.15) is 22.7 Å². The number of ether oxygens (including phenoxy) is 1. The first-order valence-electron chi connectivity index (χ1n) is 6.70. The van der Waals surface area contributed by atoms with Crippen LogP contribution in [0, 0.1) is 6.92 Å². The molecule has 0 aliphatic carbocycles. The van der Waals surface area contributed by atoms with Gasteiger partial charge in [-0.1, -0.05) is 40.2 Å². The van der Waals surface area contributed by atoms with E-state index in [2.05, 4.69) is 58.5 Å². The molecule has 2 nitrogen and oxygen atoms in total. The number of nitrogens with one attached hydrogen (secondary N) is 1. The van der Waals surface area contributed by atoms with Crippen LogP contribution in [-0.4, -0.2) is 14.2 Å². The molecular formula is C17H20BrNO. The van der Waals surface area contributed by atoms with Gasteiger partial charge in [-0.15, -0.1) is 0 Å². The minimum Gasteiger partial charge on any atom is -0.496 e. The second-order valence-corrected chi connectivity index (χ2v) is 5.83. The van der Waals surface area contributed by atoms with Crippen molar-refractivity contribution >= 4 is 15.9 Å². The number of hydrogen-bond donors (Lipinski definition) is 1. The predicted molar refractivity (Wildman–Crippen MR) is 87.4 cm³/mol. The lowest BCUT2D eigenvalue weighted by molar-refractivity contribution is 0.406. The molecule has 0 aliphatic heterocycles. The van der Waals surface area contributed by atoms with Crippen LogP contribution in [0.5, 0.6) is 5.75 Å². The molecule has 0 spiro atoms. The average molecular weight is 334 g/mol. The van der Waals surface area contributed by atoms with Crippen LogP contribution in [0.15, 0.2) is 46.9 Å². The maximum Gasteiger partial charge on any atom is 0.122 e. The van der Waals surface area contributed by atoms with Gasteiger partial charge in [0.1, 0.15) is 5.75 Å². The molecule has 0 saturated heterocycles. The first-order valence-corrected chi connectivity index (χ1v) is 7.49. The Morgan fingerprint density at radius 1 is 1.20 bits per heavy atom. The molecule has 20 heavy (non-hydrogen) atoms. The van der Waals surface area contributed by atoms with E-state index < -0.39 is 0 Å². The SMILES string of the molecule is CNC(Cc1ccccc1OC)c1cc(C)cc(Br)c1. The Labute approximate surface area is 129 Å². The fourth-order valence-corrected chi connectivity index (χ4v) is 3.07. The van der Waals surface area contributed by atoms with Crippen molar-refractivity contribution < 1.29 is 4.74 Å². The van der Waals surface area contributed by atoms with Gasteiger partial charge in [-0.2, -0.15) is 0 Å². The van der Waals surface area contributed by atoms with Gasteiger partial charge in [0.05, 0.1) is 7.11 Å². The summed E-state index contributed by atoms with van der Waals surface area (Å²) in [6.07, 6.45) is 0.899. The van der Waals surface area contributed by atoms with Crippen LogP contribution in [0.2, 0.25) is 0 Å². The molecule has 1 atom stereocenters. The average Bonchev–Trinajstić information content (AvgIpc) is 2.44. The second kappa shape index (κ2) is 6.91. The van der Waals surface area contributed by atoms with Gasteiger partial charge >= 0.3 is 0 Å². The zero-order valence-electron chi connectivity index (χ0n) is 12.1.